The SMILES string of the molecule is COC(=O)[C@@H]1CN(C(=O)CN(c2ccc(Cl)cc2)S(=O)(=O)c2cc(C)ccc2OC)c2ccccc2O1. The zero-order valence-corrected chi connectivity index (χ0v) is 22.0. The van der Waals surface area contributed by atoms with E-state index >= 15 is 0 Å². The zero-order valence-electron chi connectivity index (χ0n) is 20.4. The Bertz CT molecular complexity index is 1430. The maximum Gasteiger partial charge on any atom is 0.348 e. The summed E-state index contributed by atoms with van der Waals surface area (Å²) in [5.74, 6) is -0.785. The molecule has 0 radical (unpaired) electrons. The molecule has 1 heterocycles. The van der Waals surface area contributed by atoms with Crippen LogP contribution in [0.5, 0.6) is 11.5 Å². The van der Waals surface area contributed by atoms with E-state index in [1.807, 2.05) is 0 Å². The number of nitrogens with zero attached hydrogens (tertiary/aromatic N) is 2. The summed E-state index contributed by atoms with van der Waals surface area (Å²) in [4.78, 5) is 27.2. The molecule has 3 aromatic carbocycles. The van der Waals surface area contributed by atoms with E-state index in [-0.39, 0.29) is 22.9 Å². The van der Waals surface area contributed by atoms with Crippen molar-refractivity contribution in [3.63, 3.8) is 0 Å². The number of methoxy groups -OCH3 is 2. The maximum absolute atomic E-state index is 14.0. The van der Waals surface area contributed by atoms with Crippen molar-refractivity contribution < 1.29 is 32.2 Å². The van der Waals surface area contributed by atoms with Crippen LogP contribution in [0.3, 0.4) is 0 Å². The van der Waals surface area contributed by atoms with Gasteiger partial charge >= 0.3 is 5.97 Å². The topological polar surface area (TPSA) is 102 Å². The molecule has 9 nitrogen and oxygen atoms in total. The first-order valence-corrected chi connectivity index (χ1v) is 13.0. The normalized spacial score (nSPS) is 14.8. The van der Waals surface area contributed by atoms with E-state index in [0.29, 0.717) is 22.0 Å². The first-order chi connectivity index (χ1) is 17.6. The van der Waals surface area contributed by atoms with Crippen LogP contribution in [0, 0.1) is 6.92 Å². The van der Waals surface area contributed by atoms with E-state index in [9.17, 15) is 18.0 Å². The Kier molecular flexibility index (Phi) is 7.60. The van der Waals surface area contributed by atoms with Crippen molar-refractivity contribution in [1.29, 1.82) is 0 Å². The van der Waals surface area contributed by atoms with Crippen molar-refractivity contribution in [2.75, 3.05) is 36.5 Å². The lowest BCUT2D eigenvalue weighted by atomic mass is 10.2. The summed E-state index contributed by atoms with van der Waals surface area (Å²) in [5, 5.41) is 0.406. The maximum atomic E-state index is 14.0. The van der Waals surface area contributed by atoms with Crippen molar-refractivity contribution in [1.82, 2.24) is 0 Å². The third-order valence-electron chi connectivity index (χ3n) is 5.82. The van der Waals surface area contributed by atoms with E-state index in [4.69, 9.17) is 25.8 Å². The third kappa shape index (κ3) is 5.35. The van der Waals surface area contributed by atoms with Crippen molar-refractivity contribution in [2.24, 2.45) is 0 Å². The van der Waals surface area contributed by atoms with Crippen molar-refractivity contribution in [3.05, 3.63) is 77.3 Å². The highest BCUT2D eigenvalue weighted by atomic mass is 35.5. The lowest BCUT2D eigenvalue weighted by Gasteiger charge is -2.35. The number of amides is 1. The highest BCUT2D eigenvalue weighted by molar-refractivity contribution is 7.93. The molecule has 0 fully saturated rings. The molecule has 1 aliphatic heterocycles. The number of rotatable bonds is 7. The van der Waals surface area contributed by atoms with Crippen LogP contribution in [0.2, 0.25) is 5.02 Å². The van der Waals surface area contributed by atoms with Crippen LogP contribution in [0.1, 0.15) is 5.56 Å². The highest BCUT2D eigenvalue weighted by Gasteiger charge is 2.37. The standard InChI is InChI=1S/C26H25ClN2O7S/c1-17-8-13-22(34-2)24(14-17)37(32,33)29(19-11-9-18(27)10-12-19)16-25(30)28-15-23(26(31)35-3)36-21-7-5-4-6-20(21)28/h4-14,23H,15-16H2,1-3H3/t23-/m0/s1. The van der Waals surface area contributed by atoms with Gasteiger partial charge < -0.3 is 19.1 Å². The molecule has 0 unspecified atom stereocenters. The molecule has 1 amide bonds. The van der Waals surface area contributed by atoms with E-state index in [0.717, 1.165) is 4.31 Å². The Morgan fingerprint density at radius 2 is 1.78 bits per heavy atom. The lowest BCUT2D eigenvalue weighted by molar-refractivity contribution is -0.148. The van der Waals surface area contributed by atoms with Gasteiger partial charge in [-0.05, 0) is 61.0 Å². The molecule has 0 saturated heterocycles. The summed E-state index contributed by atoms with van der Waals surface area (Å²) in [6.45, 7) is 1.04. The molecule has 0 saturated carbocycles. The molecule has 1 atom stereocenters. The monoisotopic (exact) mass is 544 g/mol. The molecule has 0 N–H and O–H groups in total. The van der Waals surface area contributed by atoms with Crippen molar-refractivity contribution >= 4 is 44.9 Å². The van der Waals surface area contributed by atoms with Gasteiger partial charge in [0, 0.05) is 5.02 Å². The van der Waals surface area contributed by atoms with Crippen LogP contribution in [-0.2, 0) is 24.3 Å². The number of para-hydroxylation sites is 2. The third-order valence-corrected chi connectivity index (χ3v) is 7.87. The second-order valence-corrected chi connectivity index (χ2v) is 10.5. The van der Waals surface area contributed by atoms with Gasteiger partial charge in [0.25, 0.3) is 10.0 Å². The van der Waals surface area contributed by atoms with Crippen molar-refractivity contribution in [3.8, 4) is 11.5 Å². The number of carbonyl (C=O) groups excluding carboxylic acids is 2. The van der Waals surface area contributed by atoms with Gasteiger partial charge in [-0.25, -0.2) is 13.2 Å². The van der Waals surface area contributed by atoms with Gasteiger partial charge in [-0.15, -0.1) is 0 Å². The fraction of sp³-hybridized carbons (Fsp3) is 0.231. The fourth-order valence-corrected chi connectivity index (χ4v) is 5.74. The smallest absolute Gasteiger partial charge is 0.348 e. The van der Waals surface area contributed by atoms with Crippen LogP contribution >= 0.6 is 11.6 Å². The number of ether oxygens (including phenoxy) is 3. The van der Waals surface area contributed by atoms with Gasteiger partial charge in [0.1, 0.15) is 22.9 Å². The molecule has 194 valence electrons. The second kappa shape index (κ2) is 10.7. The van der Waals surface area contributed by atoms with Gasteiger partial charge in [0.15, 0.2) is 0 Å². The molecule has 0 bridgehead atoms. The number of benzene rings is 3. The van der Waals surface area contributed by atoms with Gasteiger partial charge in [-0.3, -0.25) is 9.10 Å². The molecule has 4 rings (SSSR count). The number of anilines is 2. The largest absolute Gasteiger partial charge is 0.495 e. The number of sulfonamides is 1. The van der Waals surface area contributed by atoms with Crippen LogP contribution in [-0.4, -0.2) is 53.7 Å². The van der Waals surface area contributed by atoms with E-state index in [2.05, 4.69) is 0 Å². The number of carbonyl (C=O) groups is 2. The minimum atomic E-state index is -4.28. The number of fused-ring (bicyclic) bond motifs is 1. The minimum Gasteiger partial charge on any atom is -0.495 e. The number of aryl methyl sites for hydroxylation is 1. The molecule has 0 aromatic heterocycles. The minimum absolute atomic E-state index is 0.0902. The van der Waals surface area contributed by atoms with Crippen LogP contribution in [0.4, 0.5) is 11.4 Å². The van der Waals surface area contributed by atoms with Gasteiger partial charge in [0.05, 0.1) is 32.1 Å². The lowest BCUT2D eigenvalue weighted by Crippen LogP contribution is -2.51. The summed E-state index contributed by atoms with van der Waals surface area (Å²) in [7, 11) is -1.68. The first-order valence-electron chi connectivity index (χ1n) is 11.2. The molecule has 0 aliphatic carbocycles. The first kappa shape index (κ1) is 26.3. The fourth-order valence-electron chi connectivity index (χ4n) is 3.96. The quantitative estimate of drug-likeness (QED) is 0.417. The summed E-state index contributed by atoms with van der Waals surface area (Å²) in [6.07, 6.45) is -1.07. The summed E-state index contributed by atoms with van der Waals surface area (Å²) < 4.78 is 44.8. The summed E-state index contributed by atoms with van der Waals surface area (Å²) in [5.41, 5.74) is 1.34. The Hall–Kier alpha value is -3.76. The number of hydrogen-bond donors (Lipinski definition) is 0. The molecule has 11 heteroatoms. The van der Waals surface area contributed by atoms with Gasteiger partial charge in [0.2, 0.25) is 12.0 Å². The van der Waals surface area contributed by atoms with E-state index in [1.165, 1.54) is 49.5 Å². The molecule has 37 heavy (non-hydrogen) atoms. The molecule has 3 aromatic rings. The predicted octanol–water partition coefficient (Wildman–Crippen LogP) is 3.82. The number of esters is 1. The van der Waals surface area contributed by atoms with E-state index < -0.39 is 34.5 Å². The molecular weight excluding hydrogens is 520 g/mol. The predicted molar refractivity (Wildman–Crippen MR) is 139 cm³/mol. The Labute approximate surface area is 220 Å². The van der Waals surface area contributed by atoms with Crippen LogP contribution < -0.4 is 18.7 Å². The Morgan fingerprint density at radius 1 is 1.08 bits per heavy atom. The molecule has 0 spiro atoms. The van der Waals surface area contributed by atoms with Crippen LogP contribution in [0.15, 0.2) is 71.6 Å². The average Bonchev–Trinajstić information content (AvgIpc) is 2.91. The Morgan fingerprint density at radius 3 is 2.46 bits per heavy atom. The summed E-state index contributed by atoms with van der Waals surface area (Å²) >= 11 is 6.04. The average molecular weight is 545 g/mol. The molecular formula is C26H25ClN2O7S. The second-order valence-electron chi connectivity index (χ2n) is 8.24. The zero-order chi connectivity index (χ0) is 26.7. The van der Waals surface area contributed by atoms with Crippen molar-refractivity contribution in [2.45, 2.75) is 17.9 Å². The molecule has 1 aliphatic rings. The Balaban J connectivity index is 1.77. The number of halogens is 1. The number of hydrogen-bond acceptors (Lipinski definition) is 7. The van der Waals surface area contributed by atoms with E-state index in [1.54, 1.807) is 43.3 Å². The van der Waals surface area contributed by atoms with Gasteiger partial charge in [-0.1, -0.05) is 29.8 Å². The summed E-state index contributed by atoms with van der Waals surface area (Å²) in [6, 6.07) is 17.6. The van der Waals surface area contributed by atoms with Crippen LogP contribution in [0.25, 0.3) is 0 Å². The van der Waals surface area contributed by atoms with Gasteiger partial charge in [-0.2, -0.15) is 0 Å². The highest BCUT2D eigenvalue weighted by Crippen LogP contribution is 2.35.